The summed E-state index contributed by atoms with van der Waals surface area (Å²) in [6.45, 7) is 11.5. The molecule has 1 saturated carbocycles. The smallest absolute Gasteiger partial charge is 0.200 e. The molecule has 1 aliphatic rings. The van der Waals surface area contributed by atoms with Crippen LogP contribution in [0.4, 0.5) is 0 Å². The number of hydrogen-bond donors (Lipinski definition) is 0. The molecule has 0 N–H and O–H groups in total. The maximum absolute atomic E-state index is 2.48. The highest BCUT2D eigenvalue weighted by Crippen LogP contribution is 2.47. The van der Waals surface area contributed by atoms with Gasteiger partial charge in [-0.25, -0.2) is 4.57 Å². The van der Waals surface area contributed by atoms with E-state index < -0.39 is 0 Å². The van der Waals surface area contributed by atoms with Gasteiger partial charge in [0.05, 0.1) is 10.9 Å². The van der Waals surface area contributed by atoms with E-state index in [4.69, 9.17) is 0 Å². The van der Waals surface area contributed by atoms with Crippen molar-refractivity contribution in [2.75, 3.05) is 0 Å². The lowest BCUT2D eigenvalue weighted by Gasteiger charge is -2.39. The van der Waals surface area contributed by atoms with Crippen LogP contribution < -0.4 is 4.57 Å². The summed E-state index contributed by atoms with van der Waals surface area (Å²) in [5, 5.41) is 2.74. The van der Waals surface area contributed by atoms with Crippen LogP contribution in [0.5, 0.6) is 0 Å². The standard InChI is InChI=1S/C29H38N/c1-7-29(8-2)14-11-23(12-15-29)24-9-10-26-25(19-24)13-16-30(6)28(26)27-18-20(3)17-21(4)22(27)5/h9-10,13,16-19,23H,7-8,11-12,14-15H2,1-6H3/q+1. The lowest BCUT2D eigenvalue weighted by molar-refractivity contribution is -0.659. The summed E-state index contributed by atoms with van der Waals surface area (Å²) in [5.74, 6) is 0.723. The summed E-state index contributed by atoms with van der Waals surface area (Å²) >= 11 is 0. The first-order valence-corrected chi connectivity index (χ1v) is 11.9. The second-order valence-electron chi connectivity index (χ2n) is 9.86. The van der Waals surface area contributed by atoms with Gasteiger partial charge < -0.3 is 0 Å². The third kappa shape index (κ3) is 3.68. The van der Waals surface area contributed by atoms with Crippen molar-refractivity contribution < 1.29 is 4.57 Å². The highest BCUT2D eigenvalue weighted by Gasteiger charge is 2.32. The first kappa shape index (κ1) is 21.1. The van der Waals surface area contributed by atoms with Crippen molar-refractivity contribution in [2.24, 2.45) is 12.5 Å². The summed E-state index contributed by atoms with van der Waals surface area (Å²) in [6, 6.07) is 14.2. The van der Waals surface area contributed by atoms with Crippen molar-refractivity contribution >= 4 is 10.8 Å². The molecule has 1 fully saturated rings. The van der Waals surface area contributed by atoms with Crippen molar-refractivity contribution in [1.29, 1.82) is 0 Å². The van der Waals surface area contributed by atoms with Gasteiger partial charge in [0.15, 0.2) is 6.20 Å². The fourth-order valence-electron chi connectivity index (χ4n) is 5.79. The minimum atomic E-state index is 0.606. The van der Waals surface area contributed by atoms with Gasteiger partial charge in [-0.1, -0.05) is 50.5 Å². The number of benzene rings is 2. The van der Waals surface area contributed by atoms with Crippen molar-refractivity contribution in [3.63, 3.8) is 0 Å². The zero-order valence-electron chi connectivity index (χ0n) is 19.8. The molecule has 1 heteroatoms. The van der Waals surface area contributed by atoms with Crippen LogP contribution in [0.3, 0.4) is 0 Å². The molecule has 1 aromatic heterocycles. The lowest BCUT2D eigenvalue weighted by Crippen LogP contribution is -2.31. The van der Waals surface area contributed by atoms with Crippen LogP contribution in [0.1, 0.15) is 80.5 Å². The van der Waals surface area contributed by atoms with Gasteiger partial charge in [-0.2, -0.15) is 0 Å². The molecule has 30 heavy (non-hydrogen) atoms. The zero-order valence-corrected chi connectivity index (χ0v) is 19.8. The fourth-order valence-corrected chi connectivity index (χ4v) is 5.79. The van der Waals surface area contributed by atoms with Crippen LogP contribution in [0.2, 0.25) is 0 Å². The number of hydrogen-bond acceptors (Lipinski definition) is 0. The molecule has 0 saturated heterocycles. The number of aromatic nitrogens is 1. The van der Waals surface area contributed by atoms with Gasteiger partial charge in [-0.05, 0) is 92.0 Å². The maximum atomic E-state index is 2.48. The summed E-state index contributed by atoms with van der Waals surface area (Å²) in [7, 11) is 2.18. The molecule has 3 aromatic rings. The van der Waals surface area contributed by atoms with Gasteiger partial charge in [0.1, 0.15) is 7.05 Å². The monoisotopic (exact) mass is 400 g/mol. The number of aryl methyl sites for hydroxylation is 3. The van der Waals surface area contributed by atoms with Crippen LogP contribution in [0, 0.1) is 26.2 Å². The average molecular weight is 401 g/mol. The third-order valence-electron chi connectivity index (χ3n) is 8.25. The van der Waals surface area contributed by atoms with Crippen LogP contribution in [0.15, 0.2) is 42.6 Å². The Morgan fingerprint density at radius 1 is 0.933 bits per heavy atom. The van der Waals surface area contributed by atoms with Gasteiger partial charge in [0.2, 0.25) is 5.69 Å². The summed E-state index contributed by atoms with van der Waals surface area (Å²) < 4.78 is 2.29. The summed E-state index contributed by atoms with van der Waals surface area (Å²) in [5.41, 5.74) is 8.94. The molecule has 0 amide bonds. The first-order chi connectivity index (χ1) is 14.4. The number of fused-ring (bicyclic) bond motifs is 1. The van der Waals surface area contributed by atoms with E-state index >= 15 is 0 Å². The quantitative estimate of drug-likeness (QED) is 0.395. The number of pyridine rings is 1. The Morgan fingerprint density at radius 2 is 1.63 bits per heavy atom. The predicted molar refractivity (Wildman–Crippen MR) is 129 cm³/mol. The van der Waals surface area contributed by atoms with Crippen molar-refractivity contribution in [1.82, 2.24) is 0 Å². The third-order valence-corrected chi connectivity index (χ3v) is 8.25. The van der Waals surface area contributed by atoms with Gasteiger partial charge in [0.25, 0.3) is 0 Å². The molecule has 0 bridgehead atoms. The SMILES string of the molecule is CCC1(CC)CCC(c2ccc3c(-c4cc(C)cc(C)c4C)[n+](C)ccc3c2)CC1. The molecule has 4 rings (SSSR count). The van der Waals surface area contributed by atoms with E-state index in [1.54, 1.807) is 5.56 Å². The van der Waals surface area contributed by atoms with Crippen molar-refractivity contribution in [3.05, 3.63) is 64.8 Å². The Balaban J connectivity index is 1.74. The number of nitrogens with zero attached hydrogens (tertiary/aromatic N) is 1. The van der Waals surface area contributed by atoms with Gasteiger partial charge in [-0.3, -0.25) is 0 Å². The maximum Gasteiger partial charge on any atom is 0.220 e. The molecule has 1 nitrogen and oxygen atoms in total. The molecule has 0 atom stereocenters. The second kappa shape index (κ2) is 8.17. The van der Waals surface area contributed by atoms with Crippen molar-refractivity contribution in [3.8, 4) is 11.3 Å². The molecule has 1 heterocycles. The predicted octanol–water partition coefficient (Wildman–Crippen LogP) is 7.72. The molecule has 0 spiro atoms. The molecular formula is C29H38N+. The van der Waals surface area contributed by atoms with Crippen LogP contribution in [-0.2, 0) is 7.05 Å². The van der Waals surface area contributed by atoms with Gasteiger partial charge >= 0.3 is 0 Å². The van der Waals surface area contributed by atoms with E-state index in [2.05, 4.69) is 88.8 Å². The molecule has 0 aliphatic heterocycles. The zero-order chi connectivity index (χ0) is 21.5. The lowest BCUT2D eigenvalue weighted by atomic mass is 9.66. The topological polar surface area (TPSA) is 3.88 Å². The van der Waals surface area contributed by atoms with E-state index in [0.29, 0.717) is 5.41 Å². The molecule has 0 radical (unpaired) electrons. The highest BCUT2D eigenvalue weighted by atomic mass is 14.9. The second-order valence-corrected chi connectivity index (χ2v) is 9.86. The van der Waals surface area contributed by atoms with E-state index in [9.17, 15) is 0 Å². The number of rotatable bonds is 4. The van der Waals surface area contributed by atoms with Gasteiger partial charge in [0, 0.05) is 6.07 Å². The van der Waals surface area contributed by atoms with E-state index in [0.717, 1.165) is 5.92 Å². The van der Waals surface area contributed by atoms with Crippen LogP contribution >= 0.6 is 0 Å². The largest absolute Gasteiger partial charge is 0.220 e. The van der Waals surface area contributed by atoms with Crippen molar-refractivity contribution in [2.45, 2.75) is 79.1 Å². The van der Waals surface area contributed by atoms with Crippen LogP contribution in [-0.4, -0.2) is 0 Å². The van der Waals surface area contributed by atoms with E-state index in [1.807, 2.05) is 0 Å². The average Bonchev–Trinajstić information content (AvgIpc) is 2.76. The fraction of sp³-hybridized carbons (Fsp3) is 0.483. The molecule has 0 unspecified atom stereocenters. The minimum absolute atomic E-state index is 0.606. The first-order valence-electron chi connectivity index (χ1n) is 11.9. The van der Waals surface area contributed by atoms with E-state index in [1.165, 1.54) is 77.2 Å². The van der Waals surface area contributed by atoms with E-state index in [-0.39, 0.29) is 0 Å². The Kier molecular flexibility index (Phi) is 5.75. The summed E-state index contributed by atoms with van der Waals surface area (Å²) in [6.07, 6.45) is 10.4. The molecular weight excluding hydrogens is 362 g/mol. The minimum Gasteiger partial charge on any atom is -0.200 e. The summed E-state index contributed by atoms with van der Waals surface area (Å²) in [4.78, 5) is 0. The Bertz CT molecular complexity index is 1060. The molecule has 1 aliphatic carbocycles. The molecule has 2 aromatic carbocycles. The normalized spacial score (nSPS) is 16.9. The molecule has 158 valence electrons. The Hall–Kier alpha value is -2.15. The highest BCUT2D eigenvalue weighted by molar-refractivity contribution is 5.94. The Labute approximate surface area is 183 Å². The van der Waals surface area contributed by atoms with Crippen LogP contribution in [0.25, 0.3) is 22.0 Å². The van der Waals surface area contributed by atoms with Gasteiger partial charge in [-0.15, -0.1) is 0 Å². The Morgan fingerprint density at radius 3 is 2.30 bits per heavy atom.